The highest BCUT2D eigenvalue weighted by molar-refractivity contribution is 7.92. The van der Waals surface area contributed by atoms with Crippen molar-refractivity contribution in [3.8, 4) is 0 Å². The van der Waals surface area contributed by atoms with Gasteiger partial charge in [0.15, 0.2) is 4.90 Å². The van der Waals surface area contributed by atoms with Crippen LogP contribution in [0, 0.1) is 0 Å². The molecular formula is C28H31N5O2S. The van der Waals surface area contributed by atoms with E-state index in [1.165, 1.54) is 5.56 Å². The molecule has 1 amide bonds. The molecule has 4 aromatic rings. The normalized spacial score (nSPS) is 14.7. The van der Waals surface area contributed by atoms with Gasteiger partial charge in [-0.1, -0.05) is 31.5 Å². The summed E-state index contributed by atoms with van der Waals surface area (Å²) in [6, 6.07) is 19.2. The van der Waals surface area contributed by atoms with Crippen molar-refractivity contribution in [2.24, 2.45) is 0 Å². The molecule has 0 saturated carbocycles. The van der Waals surface area contributed by atoms with Gasteiger partial charge in [-0.2, -0.15) is 0 Å². The molecule has 0 radical (unpaired) electrons. The second-order valence-electron chi connectivity index (χ2n) is 9.05. The fraction of sp³-hybridized carbons (Fsp3) is 0.286. The highest BCUT2D eigenvalue weighted by Gasteiger charge is 2.24. The van der Waals surface area contributed by atoms with E-state index in [1.807, 2.05) is 41.6 Å². The summed E-state index contributed by atoms with van der Waals surface area (Å²) >= 11 is -1.46. The number of carbonyl (C=O) groups is 1. The van der Waals surface area contributed by atoms with Gasteiger partial charge in [-0.05, 0) is 54.8 Å². The maximum atomic E-state index is 13.2. The number of H-pyrrole nitrogens is 1. The molecule has 1 fully saturated rings. The van der Waals surface area contributed by atoms with E-state index >= 15 is 0 Å². The van der Waals surface area contributed by atoms with Gasteiger partial charge in [-0.25, -0.2) is 9.71 Å². The Morgan fingerprint density at radius 3 is 2.67 bits per heavy atom. The Hall–Kier alpha value is -3.49. The summed E-state index contributed by atoms with van der Waals surface area (Å²) in [5.74, 6) is -0.0321. The topological polar surface area (TPSA) is 87.3 Å². The van der Waals surface area contributed by atoms with Gasteiger partial charge in [0.1, 0.15) is 17.0 Å². The Labute approximate surface area is 214 Å². The molecule has 2 aromatic carbocycles. The third-order valence-electron chi connectivity index (χ3n) is 6.62. The predicted molar refractivity (Wildman–Crippen MR) is 146 cm³/mol. The molecule has 1 unspecified atom stereocenters. The fourth-order valence-electron chi connectivity index (χ4n) is 4.59. The van der Waals surface area contributed by atoms with E-state index in [4.69, 9.17) is 0 Å². The van der Waals surface area contributed by atoms with E-state index in [9.17, 15) is 9.35 Å². The van der Waals surface area contributed by atoms with Crippen molar-refractivity contribution >= 4 is 39.7 Å². The van der Waals surface area contributed by atoms with Gasteiger partial charge >= 0.3 is 0 Å². The number of unbranched alkanes of at least 4 members (excludes halogenated alkanes) is 1. The van der Waals surface area contributed by atoms with Crippen molar-refractivity contribution in [1.82, 2.24) is 14.9 Å². The number of aromatic nitrogens is 2. The molecule has 0 aliphatic carbocycles. The van der Waals surface area contributed by atoms with Crippen molar-refractivity contribution in [2.45, 2.75) is 31.1 Å². The van der Waals surface area contributed by atoms with E-state index in [-0.39, 0.29) is 5.91 Å². The number of anilines is 2. The summed E-state index contributed by atoms with van der Waals surface area (Å²) in [5.41, 5.74) is 4.64. The van der Waals surface area contributed by atoms with Crippen molar-refractivity contribution < 1.29 is 9.35 Å². The zero-order chi connectivity index (χ0) is 24.9. The lowest BCUT2D eigenvalue weighted by molar-refractivity contribution is 0.0746. The average molecular weight is 502 g/mol. The number of aromatic amines is 1. The molecular weight excluding hydrogens is 470 g/mol. The first-order chi connectivity index (χ1) is 17.6. The molecule has 1 atom stereocenters. The van der Waals surface area contributed by atoms with Crippen LogP contribution in [0.5, 0.6) is 0 Å². The summed E-state index contributed by atoms with van der Waals surface area (Å²) < 4.78 is 16.0. The summed E-state index contributed by atoms with van der Waals surface area (Å²) in [6.07, 6.45) is 7.09. The van der Waals surface area contributed by atoms with Crippen LogP contribution in [0.25, 0.3) is 11.0 Å². The average Bonchev–Trinajstić information content (AvgIpc) is 3.42. The number of hydrogen-bond donors (Lipinski definition) is 2. The van der Waals surface area contributed by atoms with Crippen molar-refractivity contribution in [3.63, 3.8) is 0 Å². The molecule has 3 heterocycles. The lowest BCUT2D eigenvalue weighted by atomic mass is 10.1. The van der Waals surface area contributed by atoms with Crippen molar-refractivity contribution in [3.05, 3.63) is 84.2 Å². The Kier molecular flexibility index (Phi) is 7.44. The molecule has 1 aliphatic heterocycles. The second kappa shape index (κ2) is 11.1. The summed E-state index contributed by atoms with van der Waals surface area (Å²) in [7, 11) is 0. The van der Waals surface area contributed by atoms with E-state index in [2.05, 4.69) is 38.6 Å². The minimum atomic E-state index is -1.46. The lowest BCUT2D eigenvalue weighted by Gasteiger charge is -2.36. The number of amides is 1. The molecule has 1 saturated heterocycles. The van der Waals surface area contributed by atoms with Gasteiger partial charge in [0.2, 0.25) is 0 Å². The minimum absolute atomic E-state index is 0.0321. The smallest absolute Gasteiger partial charge is 0.254 e. The standard InChI is InChI=1S/C28H31N5O2S/c1-2-3-5-21-8-10-23(11-9-21)31-36(35)24-7-4-6-22(20-24)28(34)33-18-16-32(17-19-33)26-13-15-30-27-25(26)12-14-29-27/h4,6-15,20,31H,2-3,5,16-19H2,1H3,(H,29,30). The quantitative estimate of drug-likeness (QED) is 0.332. The van der Waals surface area contributed by atoms with Gasteiger partial charge < -0.3 is 19.3 Å². The van der Waals surface area contributed by atoms with Crippen LogP contribution in [-0.2, 0) is 17.8 Å². The first-order valence-corrected chi connectivity index (χ1v) is 13.6. The Bertz CT molecular complexity index is 1320. The summed E-state index contributed by atoms with van der Waals surface area (Å²) in [5, 5.41) is 1.09. The number of aryl methyl sites for hydroxylation is 1. The maximum absolute atomic E-state index is 13.2. The molecule has 7 nitrogen and oxygen atoms in total. The number of nitrogens with zero attached hydrogens (tertiary/aromatic N) is 3. The number of carbonyl (C=O) groups excluding carboxylic acids is 1. The molecule has 0 bridgehead atoms. The zero-order valence-electron chi connectivity index (χ0n) is 20.4. The van der Waals surface area contributed by atoms with Crippen LogP contribution >= 0.6 is 0 Å². The highest BCUT2D eigenvalue weighted by Crippen LogP contribution is 2.26. The fourth-order valence-corrected chi connectivity index (χ4v) is 5.49. The molecule has 2 aromatic heterocycles. The van der Waals surface area contributed by atoms with Crippen LogP contribution in [0.15, 0.2) is 78.0 Å². The van der Waals surface area contributed by atoms with Gasteiger partial charge in [-0.15, -0.1) is 0 Å². The first-order valence-electron chi connectivity index (χ1n) is 12.5. The Morgan fingerprint density at radius 1 is 1.08 bits per heavy atom. The van der Waals surface area contributed by atoms with Gasteiger partial charge in [0, 0.05) is 61.3 Å². The van der Waals surface area contributed by atoms with Crippen molar-refractivity contribution in [1.29, 1.82) is 0 Å². The largest absolute Gasteiger partial charge is 0.588 e. The maximum Gasteiger partial charge on any atom is 0.254 e. The van der Waals surface area contributed by atoms with Crippen molar-refractivity contribution in [2.75, 3.05) is 35.8 Å². The molecule has 0 spiro atoms. The molecule has 5 rings (SSSR count). The summed E-state index contributed by atoms with van der Waals surface area (Å²) in [6.45, 7) is 4.93. The van der Waals surface area contributed by atoms with Crippen LogP contribution < -0.4 is 9.62 Å². The van der Waals surface area contributed by atoms with E-state index in [0.29, 0.717) is 23.5 Å². The number of rotatable bonds is 8. The number of piperazine rings is 1. The molecule has 1 aliphatic rings. The zero-order valence-corrected chi connectivity index (χ0v) is 21.3. The van der Waals surface area contributed by atoms with Crippen LogP contribution in [0.4, 0.5) is 11.4 Å². The molecule has 36 heavy (non-hydrogen) atoms. The monoisotopic (exact) mass is 501 g/mol. The van der Waals surface area contributed by atoms with E-state index < -0.39 is 11.4 Å². The van der Waals surface area contributed by atoms with Gasteiger partial charge in [0.05, 0.1) is 5.69 Å². The highest BCUT2D eigenvalue weighted by atomic mass is 32.2. The van der Waals surface area contributed by atoms with Crippen LogP contribution in [0.2, 0.25) is 0 Å². The second-order valence-corrected chi connectivity index (χ2v) is 10.3. The number of hydrogen-bond acceptors (Lipinski definition) is 5. The Morgan fingerprint density at radius 2 is 1.89 bits per heavy atom. The number of nitrogens with one attached hydrogen (secondary N) is 2. The van der Waals surface area contributed by atoms with Crippen LogP contribution in [0.3, 0.4) is 0 Å². The number of pyridine rings is 1. The first kappa shape index (κ1) is 24.2. The van der Waals surface area contributed by atoms with Gasteiger partial charge in [0.25, 0.3) is 5.91 Å². The SMILES string of the molecule is CCCCc1ccc(N[S+]([O-])c2cccc(C(=O)N3CCN(c4ccnc5[nH]ccc45)CC3)c2)cc1. The van der Waals surface area contributed by atoms with Gasteiger partial charge in [-0.3, -0.25) is 4.79 Å². The van der Waals surface area contributed by atoms with E-state index in [1.54, 1.807) is 24.3 Å². The Balaban J connectivity index is 1.20. The predicted octanol–water partition coefficient (Wildman–Crippen LogP) is 5.00. The minimum Gasteiger partial charge on any atom is -0.588 e. The van der Waals surface area contributed by atoms with Crippen LogP contribution in [0.1, 0.15) is 35.7 Å². The molecule has 8 heteroatoms. The third-order valence-corrected chi connectivity index (χ3v) is 7.73. The number of benzene rings is 2. The lowest BCUT2D eigenvalue weighted by Crippen LogP contribution is -2.48. The van der Waals surface area contributed by atoms with E-state index in [0.717, 1.165) is 54.8 Å². The van der Waals surface area contributed by atoms with Crippen LogP contribution in [-0.4, -0.2) is 51.5 Å². The number of fused-ring (bicyclic) bond motifs is 1. The summed E-state index contributed by atoms with van der Waals surface area (Å²) in [4.78, 5) is 25.5. The third kappa shape index (κ3) is 5.34. The molecule has 2 N–H and O–H groups in total. The molecule has 186 valence electrons.